The van der Waals surface area contributed by atoms with Gasteiger partial charge in [-0.1, -0.05) is 25.1 Å². The average molecular weight is 381 g/mol. The summed E-state index contributed by atoms with van der Waals surface area (Å²) in [5.41, 5.74) is 0.124. The monoisotopic (exact) mass is 381 g/mol. The van der Waals surface area contributed by atoms with Gasteiger partial charge in [0.1, 0.15) is 0 Å². The van der Waals surface area contributed by atoms with Gasteiger partial charge in [0.15, 0.2) is 12.4 Å². The highest BCUT2D eigenvalue weighted by molar-refractivity contribution is 7.89. The maximum Gasteiger partial charge on any atom is 0.338 e. The van der Waals surface area contributed by atoms with Gasteiger partial charge in [0, 0.05) is 12.5 Å². The van der Waals surface area contributed by atoms with Crippen molar-refractivity contribution in [2.75, 3.05) is 0 Å². The van der Waals surface area contributed by atoms with Gasteiger partial charge in [-0.25, -0.2) is 17.9 Å². The number of hydrogen-bond donors (Lipinski definition) is 1. The number of carbonyl (C=O) groups is 1. The summed E-state index contributed by atoms with van der Waals surface area (Å²) in [6.45, 7) is 7.32. The minimum atomic E-state index is -3.69. The van der Waals surface area contributed by atoms with Crippen molar-refractivity contribution in [3.05, 3.63) is 41.5 Å². The first kappa shape index (κ1) is 20.1. The zero-order valence-electron chi connectivity index (χ0n) is 15.2. The Hall–Kier alpha value is -2.26. The number of carbonyl (C=O) groups excluding carboxylic acids is 1. The summed E-state index contributed by atoms with van der Waals surface area (Å²) in [7, 11) is -3.69. The van der Waals surface area contributed by atoms with Crippen LogP contribution in [0.15, 0.2) is 33.7 Å². The van der Waals surface area contributed by atoms with Crippen LogP contribution in [0.4, 0.5) is 0 Å². The molecule has 1 aromatic carbocycles. The maximum absolute atomic E-state index is 12.2. The molecule has 0 aliphatic rings. The number of nitrogens with zero attached hydrogens (tertiary/aromatic N) is 2. The molecule has 0 unspecified atom stereocenters. The molecule has 9 heteroatoms. The normalized spacial score (nSPS) is 11.9. The molecule has 142 valence electrons. The quantitative estimate of drug-likeness (QED) is 0.698. The minimum absolute atomic E-state index is 0.00217. The highest BCUT2D eigenvalue weighted by atomic mass is 32.2. The molecule has 0 bridgehead atoms. The third-order valence-corrected chi connectivity index (χ3v) is 4.85. The Labute approximate surface area is 153 Å². The summed E-state index contributed by atoms with van der Waals surface area (Å²) >= 11 is 0. The maximum atomic E-state index is 12.2. The van der Waals surface area contributed by atoms with Crippen molar-refractivity contribution >= 4 is 16.0 Å². The van der Waals surface area contributed by atoms with Crippen molar-refractivity contribution in [2.24, 2.45) is 5.92 Å². The fourth-order valence-electron chi connectivity index (χ4n) is 2.18. The molecule has 0 aliphatic heterocycles. The van der Waals surface area contributed by atoms with Crippen molar-refractivity contribution in [2.45, 2.75) is 51.7 Å². The number of esters is 1. The topological polar surface area (TPSA) is 111 Å². The van der Waals surface area contributed by atoms with Crippen LogP contribution in [0.1, 0.15) is 49.8 Å². The van der Waals surface area contributed by atoms with Crippen LogP contribution in [0.25, 0.3) is 0 Å². The molecule has 1 aromatic heterocycles. The Bertz CT molecular complexity index is 859. The van der Waals surface area contributed by atoms with Crippen LogP contribution in [-0.4, -0.2) is 30.6 Å². The van der Waals surface area contributed by atoms with Gasteiger partial charge in [-0.2, -0.15) is 4.98 Å². The number of rotatable bonds is 8. The van der Waals surface area contributed by atoms with E-state index in [0.29, 0.717) is 18.2 Å². The predicted octanol–water partition coefficient (Wildman–Crippen LogP) is 2.31. The third kappa shape index (κ3) is 5.63. The van der Waals surface area contributed by atoms with Crippen LogP contribution in [0.5, 0.6) is 0 Å². The second-order valence-electron chi connectivity index (χ2n) is 6.58. The van der Waals surface area contributed by atoms with Gasteiger partial charge in [0.2, 0.25) is 10.0 Å². The summed E-state index contributed by atoms with van der Waals surface area (Å²) in [5, 5.41) is 3.82. The van der Waals surface area contributed by atoms with E-state index in [2.05, 4.69) is 14.9 Å². The van der Waals surface area contributed by atoms with Crippen molar-refractivity contribution in [1.82, 2.24) is 14.9 Å². The standard InChI is InChI=1S/C17H23N3O5S/c1-11(2)8-15-18-16(25-19-15)10-24-17(21)13-6-5-7-14(9-13)26(22,23)20-12(3)4/h5-7,9,11-12,20H,8,10H2,1-4H3. The van der Waals surface area contributed by atoms with Gasteiger partial charge in [-0.05, 0) is 38.0 Å². The Kier molecular flexibility index (Phi) is 6.49. The molecule has 0 saturated carbocycles. The van der Waals surface area contributed by atoms with Gasteiger partial charge in [-0.15, -0.1) is 0 Å². The first-order valence-corrected chi connectivity index (χ1v) is 9.76. The number of sulfonamides is 1. The smallest absolute Gasteiger partial charge is 0.338 e. The molecule has 0 atom stereocenters. The van der Waals surface area contributed by atoms with Gasteiger partial charge >= 0.3 is 5.97 Å². The largest absolute Gasteiger partial charge is 0.452 e. The second kappa shape index (κ2) is 8.41. The van der Waals surface area contributed by atoms with Crippen LogP contribution >= 0.6 is 0 Å². The summed E-state index contributed by atoms with van der Waals surface area (Å²) in [4.78, 5) is 16.3. The molecule has 26 heavy (non-hydrogen) atoms. The van der Waals surface area contributed by atoms with E-state index in [9.17, 15) is 13.2 Å². The van der Waals surface area contributed by atoms with Gasteiger partial charge in [0.05, 0.1) is 10.5 Å². The number of hydrogen-bond acceptors (Lipinski definition) is 7. The van der Waals surface area contributed by atoms with Gasteiger partial charge in [-0.3, -0.25) is 0 Å². The lowest BCUT2D eigenvalue weighted by molar-refractivity contribution is 0.0429. The fourth-order valence-corrected chi connectivity index (χ4v) is 3.47. The third-order valence-electron chi connectivity index (χ3n) is 3.20. The first-order chi connectivity index (χ1) is 12.2. The molecule has 0 radical (unpaired) electrons. The molecule has 0 spiro atoms. The van der Waals surface area contributed by atoms with Crippen molar-refractivity contribution < 1.29 is 22.5 Å². The predicted molar refractivity (Wildman–Crippen MR) is 93.9 cm³/mol. The summed E-state index contributed by atoms with van der Waals surface area (Å²) in [6, 6.07) is 5.39. The lowest BCUT2D eigenvalue weighted by Gasteiger charge is -2.10. The molecule has 2 aromatic rings. The SMILES string of the molecule is CC(C)Cc1noc(COC(=O)c2cccc(S(=O)(=O)NC(C)C)c2)n1. The molecule has 1 heterocycles. The van der Waals surface area contributed by atoms with Crippen LogP contribution < -0.4 is 4.72 Å². The molecule has 0 amide bonds. The Morgan fingerprint density at radius 2 is 2.00 bits per heavy atom. The minimum Gasteiger partial charge on any atom is -0.452 e. The van der Waals surface area contributed by atoms with E-state index in [1.54, 1.807) is 13.8 Å². The molecule has 8 nitrogen and oxygen atoms in total. The molecule has 1 N–H and O–H groups in total. The Morgan fingerprint density at radius 1 is 1.27 bits per heavy atom. The fraction of sp³-hybridized carbons (Fsp3) is 0.471. The number of ether oxygens (including phenoxy) is 1. The molecule has 0 aliphatic carbocycles. The van der Waals surface area contributed by atoms with E-state index in [-0.39, 0.29) is 29.0 Å². The molecular formula is C17H23N3O5S. The van der Waals surface area contributed by atoms with E-state index in [1.165, 1.54) is 24.3 Å². The zero-order valence-corrected chi connectivity index (χ0v) is 16.0. The summed E-state index contributed by atoms with van der Waals surface area (Å²) in [5.74, 6) is 0.459. The van der Waals surface area contributed by atoms with E-state index < -0.39 is 16.0 Å². The lowest BCUT2D eigenvalue weighted by Crippen LogP contribution is -2.30. The molecule has 2 rings (SSSR count). The van der Waals surface area contributed by atoms with E-state index >= 15 is 0 Å². The van der Waals surface area contributed by atoms with Crippen LogP contribution in [0.3, 0.4) is 0 Å². The number of nitrogens with one attached hydrogen (secondary N) is 1. The summed E-state index contributed by atoms with van der Waals surface area (Å²) in [6.07, 6.45) is 0.667. The number of benzene rings is 1. The van der Waals surface area contributed by atoms with Gasteiger partial charge in [0.25, 0.3) is 5.89 Å². The molecule has 0 saturated heterocycles. The summed E-state index contributed by atoms with van der Waals surface area (Å²) < 4.78 is 37.0. The average Bonchev–Trinajstić information content (AvgIpc) is 2.98. The Morgan fingerprint density at radius 3 is 2.65 bits per heavy atom. The van der Waals surface area contributed by atoms with Gasteiger partial charge < -0.3 is 9.26 Å². The van der Waals surface area contributed by atoms with Crippen LogP contribution in [-0.2, 0) is 27.8 Å². The molecular weight excluding hydrogens is 358 g/mol. The van der Waals surface area contributed by atoms with E-state index in [4.69, 9.17) is 9.26 Å². The first-order valence-electron chi connectivity index (χ1n) is 8.28. The second-order valence-corrected chi connectivity index (χ2v) is 8.30. The Balaban J connectivity index is 2.04. The van der Waals surface area contributed by atoms with Crippen molar-refractivity contribution in [3.63, 3.8) is 0 Å². The van der Waals surface area contributed by atoms with Crippen LogP contribution in [0.2, 0.25) is 0 Å². The lowest BCUT2D eigenvalue weighted by atomic mass is 10.1. The molecule has 0 fully saturated rings. The van der Waals surface area contributed by atoms with Crippen molar-refractivity contribution in [3.8, 4) is 0 Å². The van der Waals surface area contributed by atoms with E-state index in [1.807, 2.05) is 13.8 Å². The highest BCUT2D eigenvalue weighted by Gasteiger charge is 2.18. The van der Waals surface area contributed by atoms with Crippen molar-refractivity contribution in [1.29, 1.82) is 0 Å². The zero-order chi connectivity index (χ0) is 19.3. The van der Waals surface area contributed by atoms with Crippen LogP contribution in [0, 0.1) is 5.92 Å². The number of aromatic nitrogens is 2. The van der Waals surface area contributed by atoms with E-state index in [0.717, 1.165) is 0 Å². The highest BCUT2D eigenvalue weighted by Crippen LogP contribution is 2.14.